The van der Waals surface area contributed by atoms with Crippen molar-refractivity contribution in [2.75, 3.05) is 11.5 Å². The van der Waals surface area contributed by atoms with E-state index >= 15 is 0 Å². The van der Waals surface area contributed by atoms with Crippen molar-refractivity contribution in [2.45, 2.75) is 38.0 Å². The first-order chi connectivity index (χ1) is 15.0. The van der Waals surface area contributed by atoms with Gasteiger partial charge in [-0.2, -0.15) is 0 Å². The standard InChI is InChI=1S/C13H16N4O.C9H7ClN2O/c14-12-9-4-5-17(13(9)16-7-15-12)11-6-8-2-1-3-10(8)18-11;10-7-3-5-1-2-6(13)4-8(5)12-9(7)11/h4-5,7-8,10-11H,1-3,6H2,(H2,14,15,16);1-4,13H,(H2,11,12). The number of nitrogens with zero attached hydrogens (tertiary/aromatic N) is 4. The van der Waals surface area contributed by atoms with Gasteiger partial charge in [0.25, 0.3) is 0 Å². The summed E-state index contributed by atoms with van der Waals surface area (Å²) in [5.41, 5.74) is 12.9. The molecule has 1 aromatic carbocycles. The molecule has 4 heterocycles. The molecule has 160 valence electrons. The van der Waals surface area contributed by atoms with Crippen LogP contribution in [-0.2, 0) is 4.74 Å². The van der Waals surface area contributed by atoms with Crippen LogP contribution < -0.4 is 11.5 Å². The normalized spacial score (nSPS) is 22.4. The highest BCUT2D eigenvalue weighted by molar-refractivity contribution is 6.33. The van der Waals surface area contributed by atoms with E-state index in [-0.39, 0.29) is 17.8 Å². The molecule has 3 atom stereocenters. The molecule has 5 N–H and O–H groups in total. The molecule has 0 spiro atoms. The number of fused-ring (bicyclic) bond motifs is 3. The van der Waals surface area contributed by atoms with Gasteiger partial charge < -0.3 is 25.9 Å². The molecular formula is C22H23ClN6O2. The molecule has 4 aromatic rings. The van der Waals surface area contributed by atoms with Crippen molar-refractivity contribution >= 4 is 45.2 Å². The predicted octanol–water partition coefficient (Wildman–Crippen LogP) is 4.28. The summed E-state index contributed by atoms with van der Waals surface area (Å²) in [6.07, 6.45) is 9.01. The largest absolute Gasteiger partial charge is 0.508 e. The Balaban J connectivity index is 0.000000140. The number of benzene rings is 1. The van der Waals surface area contributed by atoms with Crippen molar-refractivity contribution in [2.24, 2.45) is 5.92 Å². The summed E-state index contributed by atoms with van der Waals surface area (Å²) in [4.78, 5) is 12.4. The van der Waals surface area contributed by atoms with Gasteiger partial charge in [0.1, 0.15) is 35.6 Å². The van der Waals surface area contributed by atoms with Crippen LogP contribution >= 0.6 is 11.6 Å². The van der Waals surface area contributed by atoms with Crippen molar-refractivity contribution in [3.8, 4) is 5.75 Å². The van der Waals surface area contributed by atoms with Crippen LogP contribution in [0.5, 0.6) is 5.75 Å². The van der Waals surface area contributed by atoms with E-state index in [2.05, 4.69) is 19.5 Å². The van der Waals surface area contributed by atoms with E-state index in [1.165, 1.54) is 25.6 Å². The quantitative estimate of drug-likeness (QED) is 0.405. The van der Waals surface area contributed by atoms with E-state index in [0.29, 0.717) is 22.5 Å². The molecule has 1 saturated carbocycles. The zero-order valence-electron chi connectivity index (χ0n) is 16.8. The molecule has 0 radical (unpaired) electrons. The Morgan fingerprint density at radius 2 is 1.97 bits per heavy atom. The van der Waals surface area contributed by atoms with Gasteiger partial charge in [0.2, 0.25) is 0 Å². The summed E-state index contributed by atoms with van der Waals surface area (Å²) >= 11 is 5.78. The summed E-state index contributed by atoms with van der Waals surface area (Å²) in [6.45, 7) is 0. The fourth-order valence-corrected chi connectivity index (χ4v) is 4.67. The third-order valence-electron chi connectivity index (χ3n) is 6.06. The summed E-state index contributed by atoms with van der Waals surface area (Å²) in [5.74, 6) is 1.71. The Hall–Kier alpha value is -3.10. The average Bonchev–Trinajstić information content (AvgIpc) is 3.44. The van der Waals surface area contributed by atoms with Crippen LogP contribution in [0, 0.1) is 5.92 Å². The van der Waals surface area contributed by atoms with Gasteiger partial charge >= 0.3 is 0 Å². The summed E-state index contributed by atoms with van der Waals surface area (Å²) < 4.78 is 8.24. The molecule has 1 saturated heterocycles. The summed E-state index contributed by atoms with van der Waals surface area (Å²) in [7, 11) is 0. The van der Waals surface area contributed by atoms with Crippen LogP contribution in [0.4, 0.5) is 11.6 Å². The summed E-state index contributed by atoms with van der Waals surface area (Å²) in [5, 5.41) is 11.4. The first-order valence-corrected chi connectivity index (χ1v) is 10.6. The van der Waals surface area contributed by atoms with Crippen LogP contribution in [-0.4, -0.2) is 30.7 Å². The third kappa shape index (κ3) is 3.73. The second kappa shape index (κ2) is 7.86. The maximum absolute atomic E-state index is 9.18. The molecule has 31 heavy (non-hydrogen) atoms. The fraction of sp³-hybridized carbons (Fsp3) is 0.318. The number of hydrogen-bond acceptors (Lipinski definition) is 7. The molecule has 3 unspecified atom stereocenters. The number of aromatic nitrogens is 4. The van der Waals surface area contributed by atoms with Crippen molar-refractivity contribution < 1.29 is 9.84 Å². The van der Waals surface area contributed by atoms with Gasteiger partial charge in [-0.25, -0.2) is 15.0 Å². The van der Waals surface area contributed by atoms with Gasteiger partial charge in [0.15, 0.2) is 0 Å². The lowest BCUT2D eigenvalue weighted by Gasteiger charge is -2.15. The number of halogens is 1. The SMILES string of the molecule is Nc1nc2cc(O)ccc2cc1Cl.Nc1ncnc2c1ccn2C1CC2CCCC2O1. The van der Waals surface area contributed by atoms with Gasteiger partial charge in [-0.3, -0.25) is 0 Å². The molecule has 0 amide bonds. The van der Waals surface area contributed by atoms with Gasteiger partial charge in [-0.1, -0.05) is 18.0 Å². The van der Waals surface area contributed by atoms with Crippen LogP contribution in [0.2, 0.25) is 5.02 Å². The van der Waals surface area contributed by atoms with Crippen molar-refractivity contribution in [1.82, 2.24) is 19.5 Å². The maximum atomic E-state index is 9.18. The number of nitrogens with two attached hydrogens (primary N) is 2. The van der Waals surface area contributed by atoms with E-state index in [1.807, 2.05) is 12.3 Å². The number of rotatable bonds is 1. The molecule has 6 rings (SSSR count). The van der Waals surface area contributed by atoms with Crippen molar-refractivity contribution in [3.63, 3.8) is 0 Å². The number of ether oxygens (including phenoxy) is 1. The van der Waals surface area contributed by atoms with Crippen LogP contribution in [0.15, 0.2) is 42.9 Å². The zero-order valence-corrected chi connectivity index (χ0v) is 17.5. The lowest BCUT2D eigenvalue weighted by atomic mass is 10.0. The zero-order chi connectivity index (χ0) is 21.5. The molecule has 0 bridgehead atoms. The molecule has 8 nitrogen and oxygen atoms in total. The maximum Gasteiger partial charge on any atom is 0.147 e. The number of phenolic OH excluding ortho intramolecular Hbond substituents is 1. The highest BCUT2D eigenvalue weighted by Crippen LogP contribution is 2.43. The monoisotopic (exact) mass is 438 g/mol. The molecule has 2 fully saturated rings. The van der Waals surface area contributed by atoms with Crippen LogP contribution in [0.1, 0.15) is 31.9 Å². The highest BCUT2D eigenvalue weighted by Gasteiger charge is 2.39. The number of aromatic hydroxyl groups is 1. The van der Waals surface area contributed by atoms with E-state index in [9.17, 15) is 5.11 Å². The van der Waals surface area contributed by atoms with E-state index in [1.54, 1.807) is 24.3 Å². The smallest absolute Gasteiger partial charge is 0.147 e. The Bertz CT molecular complexity index is 1250. The Morgan fingerprint density at radius 3 is 2.81 bits per heavy atom. The predicted molar refractivity (Wildman–Crippen MR) is 121 cm³/mol. The van der Waals surface area contributed by atoms with E-state index < -0.39 is 0 Å². The molecule has 9 heteroatoms. The lowest BCUT2D eigenvalue weighted by Crippen LogP contribution is -2.10. The Morgan fingerprint density at radius 1 is 1.10 bits per heavy atom. The molecule has 1 aliphatic carbocycles. The minimum absolute atomic E-state index is 0.118. The van der Waals surface area contributed by atoms with Crippen molar-refractivity contribution in [1.29, 1.82) is 0 Å². The van der Waals surface area contributed by atoms with Crippen molar-refractivity contribution in [3.05, 3.63) is 47.9 Å². The lowest BCUT2D eigenvalue weighted by molar-refractivity contribution is 0.00201. The first-order valence-electron chi connectivity index (χ1n) is 10.3. The second-order valence-electron chi connectivity index (χ2n) is 8.01. The fourth-order valence-electron chi connectivity index (χ4n) is 4.51. The Kier molecular flexibility index (Phi) is 5.03. The Labute approximate surface area is 183 Å². The highest BCUT2D eigenvalue weighted by atomic mass is 35.5. The minimum atomic E-state index is 0.118. The van der Waals surface area contributed by atoms with Gasteiger partial charge in [0, 0.05) is 17.6 Å². The molecule has 1 aliphatic heterocycles. The number of nitrogen functional groups attached to an aromatic ring is 2. The van der Waals surface area contributed by atoms with E-state index in [0.717, 1.165) is 28.8 Å². The molecule has 3 aromatic heterocycles. The van der Waals surface area contributed by atoms with Gasteiger partial charge in [-0.05, 0) is 49.4 Å². The van der Waals surface area contributed by atoms with Gasteiger partial charge in [0.05, 0.1) is 22.0 Å². The number of hydrogen-bond donors (Lipinski definition) is 3. The summed E-state index contributed by atoms with van der Waals surface area (Å²) in [6, 6.07) is 8.56. The second-order valence-corrected chi connectivity index (χ2v) is 8.41. The first kappa shape index (κ1) is 19.8. The molecular weight excluding hydrogens is 416 g/mol. The number of anilines is 2. The van der Waals surface area contributed by atoms with Gasteiger partial charge in [-0.15, -0.1) is 0 Å². The topological polar surface area (TPSA) is 125 Å². The molecule has 2 aliphatic rings. The third-order valence-corrected chi connectivity index (χ3v) is 6.36. The van der Waals surface area contributed by atoms with E-state index in [4.69, 9.17) is 27.8 Å². The van der Waals surface area contributed by atoms with Crippen LogP contribution in [0.25, 0.3) is 21.9 Å². The minimum Gasteiger partial charge on any atom is -0.508 e. The average molecular weight is 439 g/mol. The number of pyridine rings is 1. The number of phenols is 1. The van der Waals surface area contributed by atoms with Crippen LogP contribution in [0.3, 0.4) is 0 Å².